The summed E-state index contributed by atoms with van der Waals surface area (Å²) in [6.45, 7) is 1.15. The third-order valence-electron chi connectivity index (χ3n) is 4.44. The number of nitrogens with one attached hydrogen (secondary N) is 1. The molecule has 152 valence electrons. The number of rotatable bonds is 10. The maximum Gasteiger partial charge on any atom is 0.255 e. The molecule has 0 aliphatic carbocycles. The molecule has 1 N–H and O–H groups in total. The number of carbonyl (C=O) groups excluding carboxylic acids is 1. The van der Waals surface area contributed by atoms with Gasteiger partial charge in [0, 0.05) is 6.54 Å². The molecule has 2 aromatic carbocycles. The van der Waals surface area contributed by atoms with Crippen LogP contribution in [0.4, 0.5) is 0 Å². The van der Waals surface area contributed by atoms with Gasteiger partial charge < -0.3 is 19.2 Å². The molecule has 1 amide bonds. The Balaban J connectivity index is 1.55. The van der Waals surface area contributed by atoms with Crippen molar-refractivity contribution in [1.82, 2.24) is 10.2 Å². The minimum atomic E-state index is -0.192. The van der Waals surface area contributed by atoms with Crippen LogP contribution in [0.1, 0.15) is 22.2 Å². The highest BCUT2D eigenvalue weighted by atomic mass is 16.5. The second-order valence-corrected chi connectivity index (χ2v) is 6.71. The fourth-order valence-electron chi connectivity index (χ4n) is 2.91. The number of hydrogen-bond acceptors (Lipinski definition) is 5. The summed E-state index contributed by atoms with van der Waals surface area (Å²) in [6.07, 6.45) is 1.63. The summed E-state index contributed by atoms with van der Waals surface area (Å²) in [6, 6.07) is 20.4. The highest BCUT2D eigenvalue weighted by Crippen LogP contribution is 2.20. The highest BCUT2D eigenvalue weighted by molar-refractivity contribution is 5.96. The first-order valence-electron chi connectivity index (χ1n) is 9.53. The van der Waals surface area contributed by atoms with Crippen molar-refractivity contribution in [1.29, 1.82) is 0 Å². The molecule has 0 saturated heterocycles. The van der Waals surface area contributed by atoms with Crippen LogP contribution in [0.5, 0.6) is 11.5 Å². The lowest BCUT2D eigenvalue weighted by molar-refractivity contribution is 0.0934. The maximum absolute atomic E-state index is 12.7. The number of likely N-dealkylation sites (N-methyl/N-ethyl adjacent to an activating group) is 1. The average Bonchev–Trinajstić information content (AvgIpc) is 3.26. The fraction of sp³-hybridized carbons (Fsp3) is 0.261. The lowest BCUT2D eigenvalue weighted by Crippen LogP contribution is -2.34. The molecule has 0 radical (unpaired) electrons. The Morgan fingerprint density at radius 3 is 2.41 bits per heavy atom. The normalized spacial score (nSPS) is 11.8. The van der Waals surface area contributed by atoms with Crippen LogP contribution in [0.3, 0.4) is 0 Å². The van der Waals surface area contributed by atoms with Crippen molar-refractivity contribution in [2.24, 2.45) is 0 Å². The Morgan fingerprint density at radius 1 is 0.966 bits per heavy atom. The number of para-hydroxylation sites is 2. The molecule has 0 bridgehead atoms. The van der Waals surface area contributed by atoms with E-state index >= 15 is 0 Å². The van der Waals surface area contributed by atoms with Gasteiger partial charge in [-0.2, -0.15) is 0 Å². The summed E-state index contributed by atoms with van der Waals surface area (Å²) in [7, 11) is 3.90. The van der Waals surface area contributed by atoms with E-state index in [-0.39, 0.29) is 11.9 Å². The largest absolute Gasteiger partial charge is 0.490 e. The van der Waals surface area contributed by atoms with Gasteiger partial charge in [0.2, 0.25) is 0 Å². The molecule has 0 saturated carbocycles. The average molecular weight is 394 g/mol. The number of benzene rings is 2. The van der Waals surface area contributed by atoms with E-state index in [1.165, 1.54) is 0 Å². The van der Waals surface area contributed by atoms with Crippen molar-refractivity contribution >= 4 is 5.91 Å². The molecule has 1 unspecified atom stereocenters. The van der Waals surface area contributed by atoms with Gasteiger partial charge in [-0.05, 0) is 50.5 Å². The van der Waals surface area contributed by atoms with E-state index in [9.17, 15) is 4.79 Å². The predicted molar refractivity (Wildman–Crippen MR) is 111 cm³/mol. The Morgan fingerprint density at radius 2 is 1.69 bits per heavy atom. The molecule has 3 rings (SSSR count). The Hall–Kier alpha value is -3.25. The van der Waals surface area contributed by atoms with Gasteiger partial charge in [0.1, 0.15) is 30.5 Å². The van der Waals surface area contributed by atoms with Crippen molar-refractivity contribution in [2.45, 2.75) is 6.04 Å². The topological polar surface area (TPSA) is 63.9 Å². The zero-order valence-corrected chi connectivity index (χ0v) is 16.7. The SMILES string of the molecule is CN(C)C(CNC(=O)c1ccccc1OCCOc1ccccc1)c1ccco1. The molecular formula is C23H26N2O4. The van der Waals surface area contributed by atoms with Gasteiger partial charge in [0.15, 0.2) is 0 Å². The van der Waals surface area contributed by atoms with Gasteiger partial charge in [-0.15, -0.1) is 0 Å². The smallest absolute Gasteiger partial charge is 0.255 e. The molecule has 6 heteroatoms. The zero-order chi connectivity index (χ0) is 20.5. The summed E-state index contributed by atoms with van der Waals surface area (Å²) in [5, 5.41) is 2.97. The number of ether oxygens (including phenoxy) is 2. The first-order valence-corrected chi connectivity index (χ1v) is 9.53. The molecule has 0 aliphatic heterocycles. The summed E-state index contributed by atoms with van der Waals surface area (Å²) in [5.74, 6) is 1.93. The van der Waals surface area contributed by atoms with Crippen LogP contribution in [0, 0.1) is 0 Å². The second kappa shape index (κ2) is 10.3. The van der Waals surface area contributed by atoms with E-state index in [1.54, 1.807) is 18.4 Å². The van der Waals surface area contributed by atoms with Gasteiger partial charge in [-0.25, -0.2) is 0 Å². The highest BCUT2D eigenvalue weighted by Gasteiger charge is 2.19. The maximum atomic E-state index is 12.7. The van der Waals surface area contributed by atoms with Crippen molar-refractivity contribution in [3.63, 3.8) is 0 Å². The third kappa shape index (κ3) is 5.86. The molecule has 1 heterocycles. The molecule has 29 heavy (non-hydrogen) atoms. The first kappa shape index (κ1) is 20.5. The Labute approximate surface area is 171 Å². The van der Waals surface area contributed by atoms with Crippen molar-refractivity contribution in [2.75, 3.05) is 33.9 Å². The molecule has 0 spiro atoms. The molecular weight excluding hydrogens is 368 g/mol. The standard InChI is InChI=1S/C23H26N2O4/c1-25(2)20(22-13-8-14-28-22)17-24-23(26)19-11-6-7-12-21(19)29-16-15-27-18-9-4-3-5-10-18/h3-14,20H,15-17H2,1-2H3,(H,24,26). The number of hydrogen-bond donors (Lipinski definition) is 1. The van der Waals surface area contributed by atoms with E-state index in [0.717, 1.165) is 11.5 Å². The summed E-state index contributed by atoms with van der Waals surface area (Å²) < 4.78 is 16.9. The number of furan rings is 1. The summed E-state index contributed by atoms with van der Waals surface area (Å²) in [4.78, 5) is 14.7. The van der Waals surface area contributed by atoms with Gasteiger partial charge in [0.05, 0.1) is 17.9 Å². The molecule has 3 aromatic rings. The van der Waals surface area contributed by atoms with Crippen LogP contribution in [-0.4, -0.2) is 44.7 Å². The van der Waals surface area contributed by atoms with E-state index in [2.05, 4.69) is 5.32 Å². The van der Waals surface area contributed by atoms with Gasteiger partial charge in [-0.3, -0.25) is 9.69 Å². The monoisotopic (exact) mass is 394 g/mol. The fourth-order valence-corrected chi connectivity index (χ4v) is 2.91. The van der Waals surface area contributed by atoms with Crippen molar-refractivity contribution < 1.29 is 18.7 Å². The van der Waals surface area contributed by atoms with Gasteiger partial charge >= 0.3 is 0 Å². The third-order valence-corrected chi connectivity index (χ3v) is 4.44. The summed E-state index contributed by atoms with van der Waals surface area (Å²) >= 11 is 0. The lowest BCUT2D eigenvalue weighted by Gasteiger charge is -2.22. The van der Waals surface area contributed by atoms with E-state index < -0.39 is 0 Å². The molecule has 1 aromatic heterocycles. The van der Waals surface area contributed by atoms with E-state index in [1.807, 2.05) is 73.6 Å². The van der Waals surface area contributed by atoms with E-state index in [0.29, 0.717) is 31.1 Å². The number of nitrogens with zero attached hydrogens (tertiary/aromatic N) is 1. The summed E-state index contributed by atoms with van der Waals surface area (Å²) in [5.41, 5.74) is 0.490. The van der Waals surface area contributed by atoms with Gasteiger partial charge in [0.25, 0.3) is 5.91 Å². The first-order chi connectivity index (χ1) is 14.1. The molecule has 6 nitrogen and oxygen atoms in total. The quantitative estimate of drug-likeness (QED) is 0.531. The Bertz CT molecular complexity index is 879. The molecule has 1 atom stereocenters. The van der Waals surface area contributed by atoms with Crippen LogP contribution in [-0.2, 0) is 0 Å². The van der Waals surface area contributed by atoms with Crippen LogP contribution < -0.4 is 14.8 Å². The minimum absolute atomic E-state index is 0.0543. The van der Waals surface area contributed by atoms with Crippen LogP contribution in [0.2, 0.25) is 0 Å². The second-order valence-electron chi connectivity index (χ2n) is 6.71. The van der Waals surface area contributed by atoms with Crippen molar-refractivity contribution in [3.05, 3.63) is 84.3 Å². The Kier molecular flexibility index (Phi) is 7.30. The number of carbonyl (C=O) groups is 1. The minimum Gasteiger partial charge on any atom is -0.490 e. The van der Waals surface area contributed by atoms with Gasteiger partial charge in [-0.1, -0.05) is 30.3 Å². The van der Waals surface area contributed by atoms with Crippen LogP contribution in [0.15, 0.2) is 77.4 Å². The lowest BCUT2D eigenvalue weighted by atomic mass is 10.1. The predicted octanol–water partition coefficient (Wildman–Crippen LogP) is 3.77. The van der Waals surface area contributed by atoms with Crippen molar-refractivity contribution in [3.8, 4) is 11.5 Å². The molecule has 0 aliphatic rings. The van der Waals surface area contributed by atoms with Crippen LogP contribution in [0.25, 0.3) is 0 Å². The zero-order valence-electron chi connectivity index (χ0n) is 16.7. The number of amides is 1. The van der Waals surface area contributed by atoms with Crippen LogP contribution >= 0.6 is 0 Å². The molecule has 0 fully saturated rings. The van der Waals surface area contributed by atoms with E-state index in [4.69, 9.17) is 13.9 Å².